The van der Waals surface area contributed by atoms with Crippen LogP contribution in [0.15, 0.2) is 0 Å². The van der Waals surface area contributed by atoms with Gasteiger partial charge in [-0.3, -0.25) is 4.79 Å². The highest BCUT2D eigenvalue weighted by Gasteiger charge is 2.48. The number of nitrogens with one attached hydrogen (secondary N) is 1. The maximum Gasteiger partial charge on any atom is 0.313 e. The van der Waals surface area contributed by atoms with Gasteiger partial charge in [-0.1, -0.05) is 0 Å². The monoisotopic (exact) mass is 210 g/mol. The van der Waals surface area contributed by atoms with Crippen molar-refractivity contribution in [1.29, 1.82) is 0 Å². The van der Waals surface area contributed by atoms with Crippen LogP contribution in [0, 0.1) is 11.3 Å². The highest BCUT2D eigenvalue weighted by atomic mass is 19.3. The van der Waals surface area contributed by atoms with E-state index in [9.17, 15) is 13.6 Å². The van der Waals surface area contributed by atoms with Crippen LogP contribution in [0.3, 0.4) is 0 Å². The lowest BCUT2D eigenvalue weighted by Gasteiger charge is -2.38. The average molecular weight is 210 g/mol. The first-order valence-electron chi connectivity index (χ1n) is 5.84. The first-order valence-corrected chi connectivity index (χ1v) is 4.34. The minimum atomic E-state index is -2.86. The second-order valence-corrected chi connectivity index (χ2v) is 3.37. The number of ether oxygens (including phenoxy) is 1. The van der Waals surface area contributed by atoms with Crippen LogP contribution >= 0.6 is 0 Å². The molecule has 0 amide bonds. The van der Waals surface area contributed by atoms with Gasteiger partial charge in [-0.15, -0.1) is 0 Å². The number of rotatable bonds is 2. The van der Waals surface area contributed by atoms with Crippen LogP contribution < -0.4 is 5.32 Å². The van der Waals surface area contributed by atoms with Crippen LogP contribution in [0.1, 0.15) is 17.4 Å². The molecular formula is C9H15F2NO2. The number of hydrogen-bond donors (Lipinski definition) is 1. The lowest BCUT2D eigenvalue weighted by Crippen LogP contribution is -2.52. The van der Waals surface area contributed by atoms with E-state index in [1.54, 1.807) is 0 Å². The Balaban J connectivity index is 3.22. The van der Waals surface area contributed by atoms with Gasteiger partial charge < -0.3 is 10.1 Å². The largest absolute Gasteiger partial charge is 0.469 e. The summed E-state index contributed by atoms with van der Waals surface area (Å²) in [5.41, 5.74) is -2.16. The predicted octanol–water partition coefficient (Wildman–Crippen LogP) is 1.04. The molecule has 0 aliphatic carbocycles. The fraction of sp³-hybridized carbons (Fsp3) is 0.889. The molecule has 2 atom stereocenters. The van der Waals surface area contributed by atoms with Gasteiger partial charge in [0.05, 0.1) is 12.5 Å². The van der Waals surface area contributed by atoms with E-state index >= 15 is 0 Å². The van der Waals surface area contributed by atoms with Gasteiger partial charge in [-0.05, 0) is 19.8 Å². The first-order chi connectivity index (χ1) is 7.77. The molecule has 0 aromatic heterocycles. The lowest BCUT2D eigenvalue weighted by molar-refractivity contribution is -0.161. The SMILES string of the molecule is [2H]C([2H])([2H])[C@@]1(C(=O)OC)CNCC[C@@H]1C(F)F. The fourth-order valence-electron chi connectivity index (χ4n) is 1.67. The van der Waals surface area contributed by atoms with Crippen molar-refractivity contribution >= 4 is 5.97 Å². The quantitative estimate of drug-likeness (QED) is 0.692. The van der Waals surface area contributed by atoms with Gasteiger partial charge in [0.25, 0.3) is 0 Å². The zero-order chi connectivity index (χ0) is 13.3. The Kier molecular flexibility index (Phi) is 2.27. The summed E-state index contributed by atoms with van der Waals surface area (Å²) in [6, 6.07) is 0. The number of hydrogen-bond acceptors (Lipinski definition) is 3. The van der Waals surface area contributed by atoms with Gasteiger partial charge in [-0.2, -0.15) is 0 Å². The Labute approximate surface area is 86.0 Å². The molecule has 0 saturated carbocycles. The van der Waals surface area contributed by atoms with Crippen LogP contribution in [-0.2, 0) is 9.53 Å². The number of carbonyl (C=O) groups excluding carboxylic acids is 1. The predicted molar refractivity (Wildman–Crippen MR) is 47.1 cm³/mol. The second-order valence-electron chi connectivity index (χ2n) is 3.37. The minimum absolute atomic E-state index is 0.0643. The van der Waals surface area contributed by atoms with Crippen molar-refractivity contribution in [2.45, 2.75) is 19.7 Å². The van der Waals surface area contributed by atoms with E-state index in [4.69, 9.17) is 4.11 Å². The standard InChI is InChI=1S/C9H15F2NO2/c1-9(8(13)14-2)5-12-4-3-6(9)7(10)11/h6-7,12H,3-5H2,1-2H3/t6-,9-/m1/s1/i1D3. The summed E-state index contributed by atoms with van der Waals surface area (Å²) in [5, 5.41) is 2.69. The van der Waals surface area contributed by atoms with E-state index in [1.807, 2.05) is 0 Å². The van der Waals surface area contributed by atoms with Gasteiger partial charge in [0.2, 0.25) is 6.43 Å². The van der Waals surface area contributed by atoms with E-state index < -0.39 is 30.6 Å². The van der Waals surface area contributed by atoms with Crippen molar-refractivity contribution in [3.63, 3.8) is 0 Å². The Morgan fingerprint density at radius 1 is 1.79 bits per heavy atom. The molecule has 1 aliphatic heterocycles. The maximum absolute atomic E-state index is 13.0. The third-order valence-corrected chi connectivity index (χ3v) is 2.52. The van der Waals surface area contributed by atoms with Crippen LogP contribution in [-0.4, -0.2) is 32.6 Å². The average Bonchev–Trinajstić information content (AvgIpc) is 2.26. The van der Waals surface area contributed by atoms with E-state index in [1.165, 1.54) is 0 Å². The number of halogens is 2. The molecule has 3 nitrogen and oxygen atoms in total. The number of methoxy groups -OCH3 is 1. The number of esters is 1. The van der Waals surface area contributed by atoms with Crippen LogP contribution in [0.2, 0.25) is 0 Å². The normalized spacial score (nSPS) is 37.1. The fourth-order valence-corrected chi connectivity index (χ4v) is 1.67. The molecular weight excluding hydrogens is 192 g/mol. The Morgan fingerprint density at radius 3 is 3.00 bits per heavy atom. The summed E-state index contributed by atoms with van der Waals surface area (Å²) in [4.78, 5) is 11.7. The molecule has 0 bridgehead atoms. The molecule has 1 saturated heterocycles. The maximum atomic E-state index is 13.0. The van der Waals surface area contributed by atoms with Crippen molar-refractivity contribution in [3.05, 3.63) is 0 Å². The molecule has 1 N–H and O–H groups in total. The summed E-state index contributed by atoms with van der Waals surface area (Å²) in [6.45, 7) is -2.87. The van der Waals surface area contributed by atoms with Gasteiger partial charge in [0.1, 0.15) is 0 Å². The summed E-state index contributed by atoms with van der Waals surface area (Å²) >= 11 is 0. The summed E-state index contributed by atoms with van der Waals surface area (Å²) in [7, 11) is 1.01. The third-order valence-electron chi connectivity index (χ3n) is 2.52. The summed E-state index contributed by atoms with van der Waals surface area (Å²) in [5.74, 6) is -2.61. The van der Waals surface area contributed by atoms with Crippen molar-refractivity contribution in [2.75, 3.05) is 20.2 Å². The van der Waals surface area contributed by atoms with E-state index in [2.05, 4.69) is 10.1 Å². The molecule has 1 aliphatic rings. The zero-order valence-corrected chi connectivity index (χ0v) is 7.85. The van der Waals surface area contributed by atoms with Crippen LogP contribution in [0.5, 0.6) is 0 Å². The third kappa shape index (κ3) is 1.87. The van der Waals surface area contributed by atoms with E-state index in [-0.39, 0.29) is 19.5 Å². The molecule has 0 aromatic carbocycles. The Morgan fingerprint density at radius 2 is 2.50 bits per heavy atom. The minimum Gasteiger partial charge on any atom is -0.469 e. The highest BCUT2D eigenvalue weighted by Crippen LogP contribution is 2.37. The number of alkyl halides is 2. The van der Waals surface area contributed by atoms with E-state index in [0.29, 0.717) is 0 Å². The van der Waals surface area contributed by atoms with Gasteiger partial charge in [0.15, 0.2) is 0 Å². The Hall–Kier alpha value is -0.710. The van der Waals surface area contributed by atoms with Crippen LogP contribution in [0.4, 0.5) is 8.78 Å². The van der Waals surface area contributed by atoms with Crippen molar-refractivity contribution in [3.8, 4) is 0 Å². The van der Waals surface area contributed by atoms with Gasteiger partial charge in [-0.25, -0.2) is 8.78 Å². The molecule has 82 valence electrons. The van der Waals surface area contributed by atoms with Crippen molar-refractivity contribution in [2.24, 2.45) is 11.3 Å². The first kappa shape index (κ1) is 7.56. The van der Waals surface area contributed by atoms with Gasteiger partial charge in [0, 0.05) is 16.6 Å². The molecule has 5 heteroatoms. The Bertz CT molecular complexity index is 298. The summed E-state index contributed by atoms with van der Waals surface area (Å²) in [6.07, 6.45) is -2.93. The lowest BCUT2D eigenvalue weighted by atomic mass is 9.73. The van der Waals surface area contributed by atoms with Crippen LogP contribution in [0.25, 0.3) is 0 Å². The number of piperidine rings is 1. The molecule has 14 heavy (non-hydrogen) atoms. The molecule has 0 radical (unpaired) electrons. The zero-order valence-electron chi connectivity index (χ0n) is 10.8. The number of carbonyl (C=O) groups is 1. The van der Waals surface area contributed by atoms with E-state index in [0.717, 1.165) is 7.11 Å². The van der Waals surface area contributed by atoms with Crippen molar-refractivity contribution in [1.82, 2.24) is 5.32 Å². The van der Waals surface area contributed by atoms with Crippen molar-refractivity contribution < 1.29 is 22.4 Å². The second kappa shape index (κ2) is 4.21. The molecule has 0 spiro atoms. The molecule has 0 aromatic rings. The topological polar surface area (TPSA) is 38.3 Å². The molecule has 1 heterocycles. The molecule has 0 unspecified atom stereocenters. The summed E-state index contributed by atoms with van der Waals surface area (Å²) < 4.78 is 52.5. The smallest absolute Gasteiger partial charge is 0.313 e. The highest BCUT2D eigenvalue weighted by molar-refractivity contribution is 5.77. The molecule has 1 fully saturated rings. The molecule has 1 rings (SSSR count). The van der Waals surface area contributed by atoms with Gasteiger partial charge >= 0.3 is 5.97 Å².